The number of hydrogen-bond acceptors (Lipinski definition) is 3. The summed E-state index contributed by atoms with van der Waals surface area (Å²) in [5.41, 5.74) is 0. The van der Waals surface area contributed by atoms with Gasteiger partial charge in [0.15, 0.2) is 0 Å². The third kappa shape index (κ3) is 2.28. The summed E-state index contributed by atoms with van der Waals surface area (Å²) in [6.07, 6.45) is 1.16. The Balaban J connectivity index is 1.80. The molecule has 0 aromatic carbocycles. The van der Waals surface area contributed by atoms with E-state index in [0.29, 0.717) is 12.0 Å². The summed E-state index contributed by atoms with van der Waals surface area (Å²) in [4.78, 5) is 24.2. The van der Waals surface area contributed by atoms with Gasteiger partial charge in [0.05, 0.1) is 6.54 Å². The van der Waals surface area contributed by atoms with Crippen LogP contribution in [-0.2, 0) is 9.59 Å². The first-order valence-corrected chi connectivity index (χ1v) is 5.42. The molecule has 2 aliphatic heterocycles. The minimum atomic E-state index is -0.152. The highest BCUT2D eigenvalue weighted by molar-refractivity contribution is 5.83. The second kappa shape index (κ2) is 4.18. The molecule has 2 rings (SSSR count). The fraction of sp³-hybridized carbons (Fsp3) is 0.800. The summed E-state index contributed by atoms with van der Waals surface area (Å²) in [6.45, 7) is 4.27. The standard InChI is InChI=1S/C10H17N3O2/c1-7(14)12-4-10(15)13-5-8-2-3-11-9(8)6-13/h8-9,11H,2-6H2,1H3,(H,12,14). The molecule has 84 valence electrons. The molecule has 0 saturated carbocycles. The van der Waals surface area contributed by atoms with Crippen LogP contribution in [0.3, 0.4) is 0 Å². The van der Waals surface area contributed by atoms with Crippen molar-refractivity contribution in [3.63, 3.8) is 0 Å². The van der Waals surface area contributed by atoms with Crippen molar-refractivity contribution >= 4 is 11.8 Å². The number of amides is 2. The minimum Gasteiger partial charge on any atom is -0.347 e. The summed E-state index contributed by atoms with van der Waals surface area (Å²) in [7, 11) is 0. The molecule has 2 heterocycles. The average molecular weight is 211 g/mol. The Morgan fingerprint density at radius 1 is 1.47 bits per heavy atom. The lowest BCUT2D eigenvalue weighted by Gasteiger charge is -2.17. The fourth-order valence-corrected chi connectivity index (χ4v) is 2.36. The first-order chi connectivity index (χ1) is 7.16. The number of nitrogens with one attached hydrogen (secondary N) is 2. The van der Waals surface area contributed by atoms with Crippen molar-refractivity contribution in [2.24, 2.45) is 5.92 Å². The number of carbonyl (C=O) groups excluding carboxylic acids is 2. The number of rotatable bonds is 2. The smallest absolute Gasteiger partial charge is 0.242 e. The van der Waals surface area contributed by atoms with Gasteiger partial charge in [-0.3, -0.25) is 9.59 Å². The number of hydrogen-bond donors (Lipinski definition) is 2. The zero-order valence-corrected chi connectivity index (χ0v) is 8.95. The van der Waals surface area contributed by atoms with Gasteiger partial charge in [0.25, 0.3) is 0 Å². The van der Waals surface area contributed by atoms with Crippen LogP contribution < -0.4 is 10.6 Å². The SMILES string of the molecule is CC(=O)NCC(=O)N1CC2CCNC2C1. The van der Waals surface area contributed by atoms with E-state index in [9.17, 15) is 9.59 Å². The van der Waals surface area contributed by atoms with Crippen molar-refractivity contribution in [3.8, 4) is 0 Å². The molecule has 5 heteroatoms. The van der Waals surface area contributed by atoms with Gasteiger partial charge in [-0.2, -0.15) is 0 Å². The number of likely N-dealkylation sites (tertiary alicyclic amines) is 1. The zero-order valence-electron chi connectivity index (χ0n) is 8.95. The van der Waals surface area contributed by atoms with Gasteiger partial charge in [0.2, 0.25) is 11.8 Å². The van der Waals surface area contributed by atoms with Crippen LogP contribution in [0, 0.1) is 5.92 Å². The molecule has 0 aromatic heterocycles. The van der Waals surface area contributed by atoms with E-state index in [0.717, 1.165) is 26.1 Å². The largest absolute Gasteiger partial charge is 0.347 e. The molecule has 2 aliphatic rings. The lowest BCUT2D eigenvalue weighted by Crippen LogP contribution is -2.40. The van der Waals surface area contributed by atoms with Crippen LogP contribution in [0.25, 0.3) is 0 Å². The second-order valence-electron chi connectivity index (χ2n) is 4.32. The van der Waals surface area contributed by atoms with Gasteiger partial charge in [0, 0.05) is 26.1 Å². The monoisotopic (exact) mass is 211 g/mol. The molecule has 0 radical (unpaired) electrons. The van der Waals surface area contributed by atoms with E-state index < -0.39 is 0 Å². The highest BCUT2D eigenvalue weighted by Gasteiger charge is 2.37. The van der Waals surface area contributed by atoms with Crippen LogP contribution in [-0.4, -0.2) is 48.9 Å². The normalized spacial score (nSPS) is 29.0. The molecule has 0 aromatic rings. The molecule has 2 N–H and O–H groups in total. The first kappa shape index (κ1) is 10.4. The average Bonchev–Trinajstić information content (AvgIpc) is 2.72. The quantitative estimate of drug-likeness (QED) is 0.612. The molecule has 2 saturated heterocycles. The number of nitrogens with zero attached hydrogens (tertiary/aromatic N) is 1. The maximum Gasteiger partial charge on any atom is 0.242 e. The summed E-state index contributed by atoms with van der Waals surface area (Å²) in [5.74, 6) is 0.494. The first-order valence-electron chi connectivity index (χ1n) is 5.42. The zero-order chi connectivity index (χ0) is 10.8. The molecule has 15 heavy (non-hydrogen) atoms. The van der Waals surface area contributed by atoms with Crippen molar-refractivity contribution < 1.29 is 9.59 Å². The van der Waals surface area contributed by atoms with Crippen molar-refractivity contribution in [1.82, 2.24) is 15.5 Å². The number of fused-ring (bicyclic) bond motifs is 1. The van der Waals surface area contributed by atoms with E-state index in [4.69, 9.17) is 0 Å². The third-order valence-electron chi connectivity index (χ3n) is 3.20. The Morgan fingerprint density at radius 3 is 2.93 bits per heavy atom. The van der Waals surface area contributed by atoms with E-state index in [-0.39, 0.29) is 18.4 Å². The summed E-state index contributed by atoms with van der Waals surface area (Å²) in [6, 6.07) is 0.478. The van der Waals surface area contributed by atoms with Crippen molar-refractivity contribution in [2.45, 2.75) is 19.4 Å². The topological polar surface area (TPSA) is 61.4 Å². The summed E-state index contributed by atoms with van der Waals surface area (Å²) >= 11 is 0. The maximum absolute atomic E-state index is 11.7. The molecule has 2 fully saturated rings. The number of carbonyl (C=O) groups is 2. The molecular formula is C10H17N3O2. The van der Waals surface area contributed by atoms with Crippen molar-refractivity contribution in [3.05, 3.63) is 0 Å². The molecule has 0 bridgehead atoms. The van der Waals surface area contributed by atoms with Crippen LogP contribution in [0.2, 0.25) is 0 Å². The Morgan fingerprint density at radius 2 is 2.27 bits per heavy atom. The highest BCUT2D eigenvalue weighted by Crippen LogP contribution is 2.24. The van der Waals surface area contributed by atoms with E-state index in [1.807, 2.05) is 4.90 Å². The molecule has 2 amide bonds. The van der Waals surface area contributed by atoms with Crippen LogP contribution in [0.4, 0.5) is 0 Å². The lowest BCUT2D eigenvalue weighted by molar-refractivity contribution is -0.131. The predicted molar refractivity (Wildman–Crippen MR) is 55.2 cm³/mol. The maximum atomic E-state index is 11.7. The van der Waals surface area contributed by atoms with Crippen LogP contribution >= 0.6 is 0 Å². The van der Waals surface area contributed by atoms with Crippen LogP contribution in [0.1, 0.15) is 13.3 Å². The van der Waals surface area contributed by atoms with Crippen LogP contribution in [0.15, 0.2) is 0 Å². The van der Waals surface area contributed by atoms with Gasteiger partial charge in [-0.1, -0.05) is 0 Å². The minimum absolute atomic E-state index is 0.0291. The fourth-order valence-electron chi connectivity index (χ4n) is 2.36. The Labute approximate surface area is 89.2 Å². The Bertz CT molecular complexity index is 268. The Hall–Kier alpha value is -1.10. The van der Waals surface area contributed by atoms with E-state index in [2.05, 4.69) is 10.6 Å². The van der Waals surface area contributed by atoms with Gasteiger partial charge in [0.1, 0.15) is 0 Å². The summed E-state index contributed by atoms with van der Waals surface area (Å²) < 4.78 is 0. The van der Waals surface area contributed by atoms with Crippen molar-refractivity contribution in [1.29, 1.82) is 0 Å². The van der Waals surface area contributed by atoms with Crippen LogP contribution in [0.5, 0.6) is 0 Å². The molecular weight excluding hydrogens is 194 g/mol. The Kier molecular flexibility index (Phi) is 2.90. The van der Waals surface area contributed by atoms with Gasteiger partial charge < -0.3 is 15.5 Å². The molecule has 2 atom stereocenters. The second-order valence-corrected chi connectivity index (χ2v) is 4.32. The van der Waals surface area contributed by atoms with E-state index in [1.54, 1.807) is 0 Å². The predicted octanol–water partition coefficient (Wildman–Crippen LogP) is -1.06. The van der Waals surface area contributed by atoms with Gasteiger partial charge in [-0.15, -0.1) is 0 Å². The van der Waals surface area contributed by atoms with Crippen molar-refractivity contribution in [2.75, 3.05) is 26.2 Å². The third-order valence-corrected chi connectivity index (χ3v) is 3.20. The van der Waals surface area contributed by atoms with Gasteiger partial charge in [-0.05, 0) is 18.9 Å². The van der Waals surface area contributed by atoms with Gasteiger partial charge >= 0.3 is 0 Å². The van der Waals surface area contributed by atoms with E-state index in [1.165, 1.54) is 6.92 Å². The molecule has 5 nitrogen and oxygen atoms in total. The molecule has 0 aliphatic carbocycles. The lowest BCUT2D eigenvalue weighted by atomic mass is 10.1. The van der Waals surface area contributed by atoms with Gasteiger partial charge in [-0.25, -0.2) is 0 Å². The summed E-state index contributed by atoms with van der Waals surface area (Å²) in [5, 5.41) is 5.92. The molecule has 0 spiro atoms. The molecule has 2 unspecified atom stereocenters. The van der Waals surface area contributed by atoms with E-state index >= 15 is 0 Å². The highest BCUT2D eigenvalue weighted by atomic mass is 16.2.